The van der Waals surface area contributed by atoms with Crippen LogP contribution >= 0.6 is 11.8 Å². The second-order valence-electron chi connectivity index (χ2n) is 4.97. The lowest BCUT2D eigenvalue weighted by Gasteiger charge is -2.25. The molecule has 0 radical (unpaired) electrons. The summed E-state index contributed by atoms with van der Waals surface area (Å²) >= 11 is 1.61. The zero-order valence-corrected chi connectivity index (χ0v) is 12.9. The molecule has 0 amide bonds. The molecule has 3 atom stereocenters. The van der Waals surface area contributed by atoms with Gasteiger partial charge in [-0.25, -0.2) is 0 Å². The van der Waals surface area contributed by atoms with Gasteiger partial charge in [-0.1, -0.05) is 39.5 Å². The van der Waals surface area contributed by atoms with Crippen molar-refractivity contribution in [3.05, 3.63) is 0 Å². The van der Waals surface area contributed by atoms with Crippen LogP contribution in [0.15, 0.2) is 0 Å². The molecule has 0 spiro atoms. The minimum absolute atomic E-state index is 0.144. The van der Waals surface area contributed by atoms with Crippen LogP contribution in [-0.2, 0) is 4.79 Å². The zero-order chi connectivity index (χ0) is 14.7. The first-order valence-corrected chi connectivity index (χ1v) is 8.22. The summed E-state index contributed by atoms with van der Waals surface area (Å²) in [6, 6.07) is 0. The summed E-state index contributed by atoms with van der Waals surface area (Å²) in [5, 5.41) is 27.5. The van der Waals surface area contributed by atoms with Crippen molar-refractivity contribution in [1.29, 1.82) is 0 Å². The predicted octanol–water partition coefficient (Wildman–Crippen LogP) is 2.52. The molecule has 0 heterocycles. The standard InChI is InChI=1S/C14H28O4S/c1-3-5-6-7-13(19-10-12(16)9-15)11(4-2)8-14(17)18/h11-13,15-16H,3-10H2,1-2H3,(H,17,18). The smallest absolute Gasteiger partial charge is 0.303 e. The van der Waals surface area contributed by atoms with Crippen molar-refractivity contribution < 1.29 is 20.1 Å². The van der Waals surface area contributed by atoms with Crippen molar-refractivity contribution in [2.24, 2.45) is 5.92 Å². The Balaban J connectivity index is 4.38. The highest BCUT2D eigenvalue weighted by Crippen LogP contribution is 2.30. The van der Waals surface area contributed by atoms with Gasteiger partial charge in [0.15, 0.2) is 0 Å². The molecule has 5 heteroatoms. The maximum absolute atomic E-state index is 10.9. The first-order valence-electron chi connectivity index (χ1n) is 7.17. The molecule has 114 valence electrons. The third kappa shape index (κ3) is 9.30. The molecule has 0 saturated carbocycles. The van der Waals surface area contributed by atoms with Crippen LogP contribution in [0.1, 0.15) is 52.4 Å². The van der Waals surface area contributed by atoms with E-state index in [-0.39, 0.29) is 24.2 Å². The van der Waals surface area contributed by atoms with Crippen molar-refractivity contribution in [3.63, 3.8) is 0 Å². The van der Waals surface area contributed by atoms with Crippen LogP contribution in [0.2, 0.25) is 0 Å². The van der Waals surface area contributed by atoms with Gasteiger partial charge in [-0.05, 0) is 12.3 Å². The van der Waals surface area contributed by atoms with E-state index < -0.39 is 12.1 Å². The number of hydrogen-bond donors (Lipinski definition) is 3. The number of rotatable bonds is 12. The van der Waals surface area contributed by atoms with Gasteiger partial charge in [-0.2, -0.15) is 11.8 Å². The minimum Gasteiger partial charge on any atom is -0.481 e. The Morgan fingerprint density at radius 1 is 1.26 bits per heavy atom. The first-order chi connectivity index (χ1) is 9.04. The third-order valence-electron chi connectivity index (χ3n) is 3.29. The molecule has 4 nitrogen and oxygen atoms in total. The highest BCUT2D eigenvalue weighted by Gasteiger charge is 2.23. The van der Waals surface area contributed by atoms with E-state index in [4.69, 9.17) is 10.2 Å². The lowest BCUT2D eigenvalue weighted by Crippen LogP contribution is -2.24. The number of thioether (sulfide) groups is 1. The maximum Gasteiger partial charge on any atom is 0.303 e. The second-order valence-corrected chi connectivity index (χ2v) is 6.24. The van der Waals surface area contributed by atoms with Gasteiger partial charge in [-0.3, -0.25) is 4.79 Å². The number of aliphatic hydroxyl groups is 2. The number of carbonyl (C=O) groups is 1. The highest BCUT2D eigenvalue weighted by molar-refractivity contribution is 7.99. The summed E-state index contributed by atoms with van der Waals surface area (Å²) in [5.41, 5.74) is 0. The van der Waals surface area contributed by atoms with E-state index in [0.717, 1.165) is 32.1 Å². The summed E-state index contributed by atoms with van der Waals surface area (Å²) in [4.78, 5) is 10.9. The molecule has 0 aromatic heterocycles. The molecule has 0 aliphatic heterocycles. The van der Waals surface area contributed by atoms with Crippen LogP contribution in [-0.4, -0.2) is 45.0 Å². The van der Waals surface area contributed by atoms with Gasteiger partial charge >= 0.3 is 5.97 Å². The molecule has 0 aromatic rings. The van der Waals surface area contributed by atoms with Crippen molar-refractivity contribution in [2.45, 2.75) is 63.7 Å². The quantitative estimate of drug-likeness (QED) is 0.482. The van der Waals surface area contributed by atoms with E-state index in [9.17, 15) is 9.90 Å². The van der Waals surface area contributed by atoms with Crippen LogP contribution in [0.5, 0.6) is 0 Å². The van der Waals surface area contributed by atoms with Crippen LogP contribution in [0.4, 0.5) is 0 Å². The Morgan fingerprint density at radius 2 is 1.95 bits per heavy atom. The Labute approximate surface area is 120 Å². The van der Waals surface area contributed by atoms with Gasteiger partial charge in [0.25, 0.3) is 0 Å². The third-order valence-corrected chi connectivity index (χ3v) is 4.92. The highest BCUT2D eigenvalue weighted by atomic mass is 32.2. The van der Waals surface area contributed by atoms with E-state index >= 15 is 0 Å². The first kappa shape index (κ1) is 18.7. The lowest BCUT2D eigenvalue weighted by atomic mass is 9.94. The van der Waals surface area contributed by atoms with Gasteiger partial charge in [0, 0.05) is 17.4 Å². The summed E-state index contributed by atoms with van der Waals surface area (Å²) in [7, 11) is 0. The maximum atomic E-state index is 10.9. The van der Waals surface area contributed by atoms with E-state index in [2.05, 4.69) is 6.92 Å². The predicted molar refractivity (Wildman–Crippen MR) is 79.5 cm³/mol. The van der Waals surface area contributed by atoms with Crippen molar-refractivity contribution >= 4 is 17.7 Å². The SMILES string of the molecule is CCCCCC(SCC(O)CO)C(CC)CC(=O)O. The number of aliphatic hydroxyl groups excluding tert-OH is 2. The molecule has 0 saturated heterocycles. The molecule has 0 fully saturated rings. The normalized spacial score (nSPS) is 16.0. The van der Waals surface area contributed by atoms with E-state index in [0.29, 0.717) is 5.75 Å². The molecule has 3 N–H and O–H groups in total. The fraction of sp³-hybridized carbons (Fsp3) is 0.929. The topological polar surface area (TPSA) is 77.8 Å². The fourth-order valence-electron chi connectivity index (χ4n) is 2.10. The second kappa shape index (κ2) is 11.6. The van der Waals surface area contributed by atoms with E-state index in [1.165, 1.54) is 0 Å². The van der Waals surface area contributed by atoms with Gasteiger partial charge in [0.05, 0.1) is 12.7 Å². The Kier molecular flexibility index (Phi) is 11.4. The molecule has 19 heavy (non-hydrogen) atoms. The summed E-state index contributed by atoms with van der Waals surface area (Å²) in [6.45, 7) is 3.93. The average molecular weight is 292 g/mol. The number of unbranched alkanes of at least 4 members (excludes halogenated alkanes) is 2. The van der Waals surface area contributed by atoms with Crippen LogP contribution in [0, 0.1) is 5.92 Å². The fourth-order valence-corrected chi connectivity index (χ4v) is 3.57. The summed E-state index contributed by atoms with van der Waals surface area (Å²) in [6.07, 6.45) is 4.71. The van der Waals surface area contributed by atoms with Gasteiger partial charge in [0.1, 0.15) is 0 Å². The molecule has 0 aliphatic rings. The minimum atomic E-state index is -0.754. The largest absolute Gasteiger partial charge is 0.481 e. The molecule has 0 rings (SSSR count). The average Bonchev–Trinajstić information content (AvgIpc) is 2.39. The van der Waals surface area contributed by atoms with E-state index in [1.807, 2.05) is 6.92 Å². The summed E-state index contributed by atoms with van der Waals surface area (Å²) < 4.78 is 0. The summed E-state index contributed by atoms with van der Waals surface area (Å²) in [5.74, 6) is -0.135. The Morgan fingerprint density at radius 3 is 2.42 bits per heavy atom. The van der Waals surface area contributed by atoms with Gasteiger partial charge in [-0.15, -0.1) is 0 Å². The molecule has 0 aliphatic carbocycles. The Hall–Kier alpha value is -0.260. The number of carboxylic acid groups (broad SMARTS) is 1. The van der Waals surface area contributed by atoms with Crippen LogP contribution in [0.3, 0.4) is 0 Å². The number of carboxylic acids is 1. The Bertz CT molecular complexity index is 235. The zero-order valence-electron chi connectivity index (χ0n) is 12.0. The van der Waals surface area contributed by atoms with Crippen molar-refractivity contribution in [2.75, 3.05) is 12.4 Å². The molecular formula is C14H28O4S. The molecule has 0 bridgehead atoms. The van der Waals surface area contributed by atoms with E-state index in [1.54, 1.807) is 11.8 Å². The van der Waals surface area contributed by atoms with Crippen LogP contribution < -0.4 is 0 Å². The lowest BCUT2D eigenvalue weighted by molar-refractivity contribution is -0.138. The van der Waals surface area contributed by atoms with Crippen molar-refractivity contribution in [3.8, 4) is 0 Å². The van der Waals surface area contributed by atoms with Gasteiger partial charge < -0.3 is 15.3 Å². The van der Waals surface area contributed by atoms with Gasteiger partial charge in [0.2, 0.25) is 0 Å². The molecule has 3 unspecified atom stereocenters. The molecule has 0 aromatic carbocycles. The monoisotopic (exact) mass is 292 g/mol. The van der Waals surface area contributed by atoms with Crippen molar-refractivity contribution in [1.82, 2.24) is 0 Å². The number of aliphatic carboxylic acids is 1. The molecular weight excluding hydrogens is 264 g/mol. The number of hydrogen-bond acceptors (Lipinski definition) is 4. The van der Waals surface area contributed by atoms with Crippen LogP contribution in [0.25, 0.3) is 0 Å².